The molecule has 0 aromatic carbocycles. The molecule has 1 rings (SSSR count). The molecule has 6 nitrogen and oxygen atoms in total. The molecule has 1 heterocycles. The predicted octanol–water partition coefficient (Wildman–Crippen LogP) is 1.05. The predicted molar refractivity (Wildman–Crippen MR) is 79.7 cm³/mol. The number of nitrogens with one attached hydrogen (secondary N) is 1. The van der Waals surface area contributed by atoms with Crippen LogP contribution >= 0.6 is 0 Å². The van der Waals surface area contributed by atoms with Crippen LogP contribution in [0.2, 0.25) is 0 Å². The second kappa shape index (κ2) is 7.64. The first-order valence-electron chi connectivity index (χ1n) is 7.02. The fourth-order valence-electron chi connectivity index (χ4n) is 2.43. The van der Waals surface area contributed by atoms with E-state index in [1.807, 2.05) is 6.92 Å². The Hall–Kier alpha value is -1.08. The number of carbonyl (C=O) groups is 1. The number of nitrogens with zero attached hydrogens (tertiary/aromatic N) is 1. The molecule has 0 aromatic rings. The number of rotatable bonds is 6. The van der Waals surface area contributed by atoms with E-state index in [1.54, 1.807) is 11.0 Å². The van der Waals surface area contributed by atoms with Gasteiger partial charge < -0.3 is 10.2 Å². The third-order valence-corrected chi connectivity index (χ3v) is 4.58. The van der Waals surface area contributed by atoms with E-state index in [0.29, 0.717) is 25.9 Å². The van der Waals surface area contributed by atoms with Gasteiger partial charge in [-0.05, 0) is 31.6 Å². The third-order valence-electron chi connectivity index (χ3n) is 3.64. The van der Waals surface area contributed by atoms with Crippen molar-refractivity contribution in [3.8, 4) is 0 Å². The number of hydrogen-bond donors (Lipinski definition) is 2. The molecule has 1 aliphatic heterocycles. The largest absolute Gasteiger partial charge is 0.335 e. The quantitative estimate of drug-likeness (QED) is 0.718. The van der Waals surface area contributed by atoms with Crippen LogP contribution in [0.15, 0.2) is 12.7 Å². The molecular weight excluding hydrogens is 278 g/mol. The van der Waals surface area contributed by atoms with Crippen LogP contribution in [-0.2, 0) is 10.0 Å². The first-order valence-corrected chi connectivity index (χ1v) is 8.74. The molecule has 0 spiro atoms. The molecule has 0 saturated carbocycles. The minimum absolute atomic E-state index is 0.0104. The molecule has 7 heteroatoms. The summed E-state index contributed by atoms with van der Waals surface area (Å²) in [5.41, 5.74) is 0. The number of sulfonamides is 1. The number of likely N-dealkylation sites (tertiary alicyclic amines) is 1. The van der Waals surface area contributed by atoms with Gasteiger partial charge in [0.05, 0.1) is 5.75 Å². The van der Waals surface area contributed by atoms with E-state index < -0.39 is 10.0 Å². The number of primary sulfonamides is 1. The lowest BCUT2D eigenvalue weighted by Crippen LogP contribution is -2.48. The van der Waals surface area contributed by atoms with Crippen LogP contribution in [0.5, 0.6) is 0 Å². The molecular formula is C13H25N3O3S. The summed E-state index contributed by atoms with van der Waals surface area (Å²) in [5, 5.41) is 8.02. The summed E-state index contributed by atoms with van der Waals surface area (Å²) >= 11 is 0. The second-order valence-electron chi connectivity index (χ2n) is 5.34. The van der Waals surface area contributed by atoms with Gasteiger partial charge in [-0.15, -0.1) is 6.58 Å². The average Bonchev–Trinajstić information content (AvgIpc) is 2.37. The lowest BCUT2D eigenvalue weighted by atomic mass is 9.99. The molecule has 116 valence electrons. The van der Waals surface area contributed by atoms with Crippen molar-refractivity contribution in [1.82, 2.24) is 10.2 Å². The number of hydrogen-bond acceptors (Lipinski definition) is 3. The maximum Gasteiger partial charge on any atom is 0.317 e. The van der Waals surface area contributed by atoms with Crippen LogP contribution in [0.4, 0.5) is 4.79 Å². The first-order chi connectivity index (χ1) is 9.35. The minimum atomic E-state index is -3.42. The van der Waals surface area contributed by atoms with Crippen molar-refractivity contribution in [1.29, 1.82) is 0 Å². The van der Waals surface area contributed by atoms with Gasteiger partial charge in [-0.2, -0.15) is 0 Å². The molecule has 1 saturated heterocycles. The maximum atomic E-state index is 12.1. The molecule has 3 N–H and O–H groups in total. The number of carbonyl (C=O) groups excluding carboxylic acids is 1. The zero-order valence-electron chi connectivity index (χ0n) is 12.0. The molecule has 1 fully saturated rings. The van der Waals surface area contributed by atoms with E-state index in [0.717, 1.165) is 12.8 Å². The summed E-state index contributed by atoms with van der Waals surface area (Å²) in [6.07, 6.45) is 4.78. The summed E-state index contributed by atoms with van der Waals surface area (Å²) < 4.78 is 22.1. The van der Waals surface area contributed by atoms with Crippen LogP contribution in [0, 0.1) is 5.92 Å². The molecule has 20 heavy (non-hydrogen) atoms. The van der Waals surface area contributed by atoms with E-state index in [4.69, 9.17) is 5.14 Å². The van der Waals surface area contributed by atoms with Crippen LogP contribution in [0.3, 0.4) is 0 Å². The van der Waals surface area contributed by atoms with Crippen LogP contribution < -0.4 is 10.5 Å². The van der Waals surface area contributed by atoms with Gasteiger partial charge in [-0.3, -0.25) is 0 Å². The van der Waals surface area contributed by atoms with Gasteiger partial charge in [0, 0.05) is 19.1 Å². The van der Waals surface area contributed by atoms with Gasteiger partial charge >= 0.3 is 6.03 Å². The molecule has 2 amide bonds. The number of urea groups is 1. The van der Waals surface area contributed by atoms with E-state index in [1.165, 1.54) is 0 Å². The van der Waals surface area contributed by atoms with Crippen molar-refractivity contribution < 1.29 is 13.2 Å². The zero-order valence-corrected chi connectivity index (χ0v) is 12.9. The standard InChI is InChI=1S/C13H25N3O3S/c1-3-5-12(4-2)15-13(17)16-8-6-11(7-9-16)10-20(14,18)19/h3,11-12H,1,4-10H2,2H3,(H,15,17)(H2,14,18,19)/t12-/m0/s1. The molecule has 0 unspecified atom stereocenters. The Bertz CT molecular complexity index is 428. The Morgan fingerprint density at radius 1 is 1.50 bits per heavy atom. The summed E-state index contributed by atoms with van der Waals surface area (Å²) in [4.78, 5) is 13.8. The van der Waals surface area contributed by atoms with Crippen molar-refractivity contribution in [3.63, 3.8) is 0 Å². The van der Waals surface area contributed by atoms with E-state index >= 15 is 0 Å². The Kier molecular flexibility index (Phi) is 6.48. The van der Waals surface area contributed by atoms with Gasteiger partial charge in [0.25, 0.3) is 0 Å². The van der Waals surface area contributed by atoms with Gasteiger partial charge in [0.2, 0.25) is 10.0 Å². The normalized spacial score (nSPS) is 18.6. The van der Waals surface area contributed by atoms with Crippen LogP contribution in [0.25, 0.3) is 0 Å². The Morgan fingerprint density at radius 2 is 2.10 bits per heavy atom. The van der Waals surface area contributed by atoms with E-state index in [2.05, 4.69) is 11.9 Å². The summed E-state index contributed by atoms with van der Waals surface area (Å²) in [5.74, 6) is 0.0699. The van der Waals surface area contributed by atoms with Crippen molar-refractivity contribution >= 4 is 16.1 Å². The lowest BCUT2D eigenvalue weighted by Gasteiger charge is -2.32. The van der Waals surface area contributed by atoms with Crippen molar-refractivity contribution in [3.05, 3.63) is 12.7 Å². The molecule has 1 atom stereocenters. The zero-order chi connectivity index (χ0) is 15.2. The number of piperidine rings is 1. The number of amides is 2. The van der Waals surface area contributed by atoms with Gasteiger partial charge in [0.15, 0.2) is 0 Å². The highest BCUT2D eigenvalue weighted by Crippen LogP contribution is 2.18. The van der Waals surface area contributed by atoms with Crippen molar-refractivity contribution in [2.24, 2.45) is 11.1 Å². The minimum Gasteiger partial charge on any atom is -0.335 e. The smallest absolute Gasteiger partial charge is 0.317 e. The first kappa shape index (κ1) is 17.0. The van der Waals surface area contributed by atoms with E-state index in [9.17, 15) is 13.2 Å². The molecule has 0 aromatic heterocycles. The Balaban J connectivity index is 2.40. The fraction of sp³-hybridized carbons (Fsp3) is 0.769. The lowest BCUT2D eigenvalue weighted by molar-refractivity contribution is 0.170. The molecule has 0 aliphatic carbocycles. The fourth-order valence-corrected chi connectivity index (χ4v) is 3.42. The van der Waals surface area contributed by atoms with Crippen molar-refractivity contribution in [2.75, 3.05) is 18.8 Å². The second-order valence-corrected chi connectivity index (χ2v) is 7.00. The third kappa shape index (κ3) is 5.92. The highest BCUT2D eigenvalue weighted by molar-refractivity contribution is 7.89. The highest BCUT2D eigenvalue weighted by Gasteiger charge is 2.25. The SMILES string of the molecule is C=CC[C@H](CC)NC(=O)N1CCC(CS(N)(=O)=O)CC1. The Labute approximate surface area is 121 Å². The molecule has 1 aliphatic rings. The van der Waals surface area contributed by atoms with Crippen LogP contribution in [-0.4, -0.2) is 44.2 Å². The van der Waals surface area contributed by atoms with Crippen LogP contribution in [0.1, 0.15) is 32.6 Å². The van der Waals surface area contributed by atoms with Gasteiger partial charge in [-0.1, -0.05) is 13.0 Å². The van der Waals surface area contributed by atoms with E-state index in [-0.39, 0.29) is 23.7 Å². The van der Waals surface area contributed by atoms with Crippen molar-refractivity contribution in [2.45, 2.75) is 38.6 Å². The monoisotopic (exact) mass is 303 g/mol. The molecule has 0 bridgehead atoms. The van der Waals surface area contributed by atoms with Gasteiger partial charge in [0.1, 0.15) is 0 Å². The average molecular weight is 303 g/mol. The highest BCUT2D eigenvalue weighted by atomic mass is 32.2. The summed E-state index contributed by atoms with van der Waals surface area (Å²) in [6.45, 7) is 6.86. The Morgan fingerprint density at radius 3 is 2.55 bits per heavy atom. The summed E-state index contributed by atoms with van der Waals surface area (Å²) in [6, 6.07) is 0.0369. The molecule has 0 radical (unpaired) electrons. The summed E-state index contributed by atoms with van der Waals surface area (Å²) in [7, 11) is -3.42. The topological polar surface area (TPSA) is 92.5 Å². The number of nitrogens with two attached hydrogens (primary N) is 1. The maximum absolute atomic E-state index is 12.1. The van der Waals surface area contributed by atoms with Gasteiger partial charge in [-0.25, -0.2) is 18.4 Å².